The Hall–Kier alpha value is -3.84. The van der Waals surface area contributed by atoms with Crippen molar-refractivity contribution in [3.05, 3.63) is 101 Å². The first-order valence-corrected chi connectivity index (χ1v) is 11.2. The average Bonchev–Trinajstić information content (AvgIpc) is 3.13. The van der Waals surface area contributed by atoms with E-state index < -0.39 is 12.6 Å². The first kappa shape index (κ1) is 22.4. The van der Waals surface area contributed by atoms with Crippen LogP contribution in [0.1, 0.15) is 24.1 Å². The highest BCUT2D eigenvalue weighted by Crippen LogP contribution is 2.39. The van der Waals surface area contributed by atoms with Crippen molar-refractivity contribution in [1.29, 1.82) is 0 Å². The van der Waals surface area contributed by atoms with E-state index in [1.54, 1.807) is 29.2 Å². The molecule has 1 amide bonds. The Morgan fingerprint density at radius 2 is 1.76 bits per heavy atom. The van der Waals surface area contributed by atoms with Crippen LogP contribution in [0.2, 0.25) is 0 Å². The number of hydrogen-bond donors (Lipinski definition) is 1. The maximum atomic E-state index is 13.5. The molecular weight excluding hydrogens is 436 g/mol. The van der Waals surface area contributed by atoms with Crippen LogP contribution in [0.4, 0.5) is 5.69 Å². The van der Waals surface area contributed by atoms with E-state index in [0.29, 0.717) is 15.8 Å². The summed E-state index contributed by atoms with van der Waals surface area (Å²) in [6.07, 6.45) is 1.78. The van der Waals surface area contributed by atoms with E-state index in [4.69, 9.17) is 14.8 Å². The first-order valence-electron chi connectivity index (χ1n) is 10.4. The molecule has 1 heterocycles. The summed E-state index contributed by atoms with van der Waals surface area (Å²) in [6, 6.07) is 26.2. The SMILES string of the molecule is C[C@@H](c1ccccc1)N1C(=O)/C(=C\c2cccc(OCC(=O)O)c2)SC1=Nc1ccccc1. The van der Waals surface area contributed by atoms with Gasteiger partial charge in [0.1, 0.15) is 5.75 Å². The predicted octanol–water partition coefficient (Wildman–Crippen LogP) is 5.52. The molecule has 0 spiro atoms. The first-order chi connectivity index (χ1) is 16.0. The summed E-state index contributed by atoms with van der Waals surface area (Å²) in [6.45, 7) is 1.56. The van der Waals surface area contributed by atoms with Crippen molar-refractivity contribution in [1.82, 2.24) is 4.90 Å². The van der Waals surface area contributed by atoms with Gasteiger partial charge in [-0.1, -0.05) is 60.7 Å². The van der Waals surface area contributed by atoms with E-state index >= 15 is 0 Å². The zero-order valence-corrected chi connectivity index (χ0v) is 18.7. The summed E-state index contributed by atoms with van der Waals surface area (Å²) in [5.74, 6) is -0.759. The van der Waals surface area contributed by atoms with E-state index in [0.717, 1.165) is 16.8 Å². The molecule has 0 aliphatic carbocycles. The van der Waals surface area contributed by atoms with Crippen LogP contribution in [0, 0.1) is 0 Å². The van der Waals surface area contributed by atoms with Crippen molar-refractivity contribution in [2.75, 3.05) is 6.61 Å². The summed E-state index contributed by atoms with van der Waals surface area (Å²) in [5.41, 5.74) is 2.52. The lowest BCUT2D eigenvalue weighted by Gasteiger charge is -2.24. The van der Waals surface area contributed by atoms with Crippen LogP contribution in [-0.2, 0) is 9.59 Å². The van der Waals surface area contributed by atoms with Gasteiger partial charge in [-0.3, -0.25) is 9.69 Å². The maximum absolute atomic E-state index is 13.5. The van der Waals surface area contributed by atoms with Gasteiger partial charge in [0.25, 0.3) is 5.91 Å². The number of thioether (sulfide) groups is 1. The monoisotopic (exact) mass is 458 g/mol. The molecule has 0 saturated carbocycles. The number of aliphatic imine (C=N–C) groups is 1. The number of carboxylic acid groups (broad SMARTS) is 1. The summed E-state index contributed by atoms with van der Waals surface area (Å²) in [4.78, 5) is 31.2. The highest BCUT2D eigenvalue weighted by molar-refractivity contribution is 8.18. The van der Waals surface area contributed by atoms with Crippen LogP contribution < -0.4 is 4.74 Å². The van der Waals surface area contributed by atoms with E-state index in [-0.39, 0.29) is 11.9 Å². The molecule has 1 aliphatic rings. The lowest BCUT2D eigenvalue weighted by molar-refractivity contribution is -0.139. The lowest BCUT2D eigenvalue weighted by Crippen LogP contribution is -2.32. The summed E-state index contributed by atoms with van der Waals surface area (Å²) < 4.78 is 5.26. The Morgan fingerprint density at radius 1 is 1.06 bits per heavy atom. The number of benzene rings is 3. The zero-order valence-electron chi connectivity index (χ0n) is 17.9. The lowest BCUT2D eigenvalue weighted by atomic mass is 10.1. The molecule has 4 rings (SSSR count). The number of nitrogens with zero attached hydrogens (tertiary/aromatic N) is 2. The predicted molar refractivity (Wildman–Crippen MR) is 130 cm³/mol. The molecule has 33 heavy (non-hydrogen) atoms. The van der Waals surface area contributed by atoms with Crippen LogP contribution in [-0.4, -0.2) is 33.7 Å². The largest absolute Gasteiger partial charge is 0.482 e. The number of carboxylic acids is 1. The molecule has 0 unspecified atom stereocenters. The maximum Gasteiger partial charge on any atom is 0.341 e. The van der Waals surface area contributed by atoms with Crippen LogP contribution in [0.15, 0.2) is 94.8 Å². The normalized spacial score (nSPS) is 16.9. The molecule has 0 bridgehead atoms. The second kappa shape index (κ2) is 10.2. The molecule has 1 atom stereocenters. The topological polar surface area (TPSA) is 79.2 Å². The molecule has 3 aromatic rings. The molecule has 166 valence electrons. The van der Waals surface area contributed by atoms with Crippen molar-refractivity contribution < 1.29 is 19.4 Å². The summed E-state index contributed by atoms with van der Waals surface area (Å²) in [5, 5.41) is 9.43. The van der Waals surface area contributed by atoms with Gasteiger partial charge in [0.05, 0.1) is 16.6 Å². The molecule has 1 aliphatic heterocycles. The van der Waals surface area contributed by atoms with Gasteiger partial charge in [-0.15, -0.1) is 0 Å². The minimum atomic E-state index is -1.05. The third kappa shape index (κ3) is 5.51. The van der Waals surface area contributed by atoms with Crippen LogP contribution in [0.3, 0.4) is 0 Å². The second-order valence-corrected chi connectivity index (χ2v) is 8.37. The fraction of sp³-hybridized carbons (Fsp3) is 0.115. The van der Waals surface area contributed by atoms with Crippen molar-refractivity contribution in [2.45, 2.75) is 13.0 Å². The van der Waals surface area contributed by atoms with Gasteiger partial charge in [0.2, 0.25) is 0 Å². The minimum absolute atomic E-state index is 0.136. The van der Waals surface area contributed by atoms with Gasteiger partial charge in [-0.2, -0.15) is 0 Å². The number of carbonyl (C=O) groups excluding carboxylic acids is 1. The Labute approximate surface area is 196 Å². The van der Waals surface area contributed by atoms with Gasteiger partial charge < -0.3 is 9.84 Å². The molecular formula is C26H22N2O4S. The summed E-state index contributed by atoms with van der Waals surface area (Å²) >= 11 is 1.32. The number of ether oxygens (including phenoxy) is 1. The molecule has 1 saturated heterocycles. The minimum Gasteiger partial charge on any atom is -0.482 e. The van der Waals surface area contributed by atoms with E-state index in [1.165, 1.54) is 11.8 Å². The molecule has 1 fully saturated rings. The Morgan fingerprint density at radius 3 is 2.45 bits per heavy atom. The van der Waals surface area contributed by atoms with Gasteiger partial charge in [0, 0.05) is 0 Å². The highest BCUT2D eigenvalue weighted by Gasteiger charge is 2.37. The van der Waals surface area contributed by atoms with Crippen molar-refractivity contribution in [3.8, 4) is 5.75 Å². The molecule has 7 heteroatoms. The number of rotatable bonds is 7. The number of aliphatic carboxylic acids is 1. The molecule has 1 N–H and O–H groups in total. The Bertz CT molecular complexity index is 1210. The highest BCUT2D eigenvalue weighted by atomic mass is 32.2. The number of amides is 1. The Balaban J connectivity index is 1.68. The standard InChI is InChI=1S/C26H22N2O4S/c1-18(20-10-4-2-5-11-20)28-25(31)23(33-26(28)27-21-12-6-3-7-13-21)16-19-9-8-14-22(15-19)32-17-24(29)30/h2-16,18H,17H2,1H3,(H,29,30)/b23-16+,27-26?/t18-/m0/s1. The summed E-state index contributed by atoms with van der Waals surface area (Å²) in [7, 11) is 0. The number of hydrogen-bond acceptors (Lipinski definition) is 5. The van der Waals surface area contributed by atoms with E-state index in [2.05, 4.69) is 0 Å². The number of para-hydroxylation sites is 1. The Kier molecular flexibility index (Phi) is 6.90. The zero-order chi connectivity index (χ0) is 23.2. The molecule has 6 nitrogen and oxygen atoms in total. The van der Waals surface area contributed by atoms with Crippen LogP contribution in [0.5, 0.6) is 5.75 Å². The van der Waals surface area contributed by atoms with Crippen LogP contribution >= 0.6 is 11.8 Å². The average molecular weight is 459 g/mol. The van der Waals surface area contributed by atoms with Crippen molar-refractivity contribution in [3.63, 3.8) is 0 Å². The third-order valence-electron chi connectivity index (χ3n) is 5.01. The smallest absolute Gasteiger partial charge is 0.341 e. The van der Waals surface area contributed by atoms with Gasteiger partial charge in [-0.05, 0) is 60.2 Å². The quantitative estimate of drug-likeness (QED) is 0.472. The van der Waals surface area contributed by atoms with Gasteiger partial charge >= 0.3 is 5.97 Å². The van der Waals surface area contributed by atoms with Gasteiger partial charge in [0.15, 0.2) is 11.8 Å². The fourth-order valence-corrected chi connectivity index (χ4v) is 4.46. The molecule has 0 radical (unpaired) electrons. The second-order valence-electron chi connectivity index (χ2n) is 7.36. The fourth-order valence-electron chi connectivity index (χ4n) is 3.39. The molecule has 3 aromatic carbocycles. The van der Waals surface area contributed by atoms with Crippen LogP contribution in [0.25, 0.3) is 6.08 Å². The van der Waals surface area contributed by atoms with Crippen molar-refractivity contribution in [2.24, 2.45) is 4.99 Å². The van der Waals surface area contributed by atoms with Crippen molar-refractivity contribution >= 4 is 40.6 Å². The van der Waals surface area contributed by atoms with E-state index in [9.17, 15) is 9.59 Å². The van der Waals surface area contributed by atoms with E-state index in [1.807, 2.05) is 73.7 Å². The van der Waals surface area contributed by atoms with Gasteiger partial charge in [-0.25, -0.2) is 9.79 Å². The third-order valence-corrected chi connectivity index (χ3v) is 5.99. The molecule has 0 aromatic heterocycles. The number of amidine groups is 1. The number of carbonyl (C=O) groups is 2.